The topological polar surface area (TPSA) is 99.0 Å². The Morgan fingerprint density at radius 3 is 2.71 bits per heavy atom. The van der Waals surface area contributed by atoms with Crippen molar-refractivity contribution in [1.29, 1.82) is 0 Å². The van der Waals surface area contributed by atoms with Gasteiger partial charge in [-0.25, -0.2) is 27.0 Å². The summed E-state index contributed by atoms with van der Waals surface area (Å²) in [6.45, 7) is 1.58. The van der Waals surface area contributed by atoms with Crippen LogP contribution in [0.15, 0.2) is 55.1 Å². The van der Waals surface area contributed by atoms with E-state index < -0.39 is 10.0 Å². The number of nitrogens with zero attached hydrogens (tertiary/aromatic N) is 5. The van der Waals surface area contributed by atoms with E-state index in [1.54, 1.807) is 36.9 Å². The number of imidazole rings is 1. The minimum atomic E-state index is -3.60. The largest absolute Gasteiger partial charge is 0.326 e. The molecule has 5 rings (SSSR count). The highest BCUT2D eigenvalue weighted by Gasteiger charge is 2.24. The highest BCUT2D eigenvalue weighted by molar-refractivity contribution is 7.89. The second kappa shape index (κ2) is 6.32. The molecule has 28 heavy (non-hydrogen) atoms. The first kappa shape index (κ1) is 17.2. The molecule has 3 aromatic heterocycles. The second-order valence-corrected chi connectivity index (χ2v) is 8.98. The summed E-state index contributed by atoms with van der Waals surface area (Å²) in [5.41, 5.74) is 8.78. The Hall–Kier alpha value is -2.91. The molecule has 0 aliphatic carbocycles. The van der Waals surface area contributed by atoms with Crippen molar-refractivity contribution < 1.29 is 8.42 Å². The SMILES string of the molecule is N[C@@H]1CCN(n2cnc3cnc4c(ccn4S(=O)(=O)Cc4ccccc4)c32)C1. The van der Waals surface area contributed by atoms with Gasteiger partial charge in [-0.15, -0.1) is 0 Å². The number of fused-ring (bicyclic) bond motifs is 3. The Morgan fingerprint density at radius 1 is 1.14 bits per heavy atom. The van der Waals surface area contributed by atoms with Crippen LogP contribution in [-0.4, -0.2) is 46.2 Å². The van der Waals surface area contributed by atoms with Gasteiger partial charge in [-0.2, -0.15) is 0 Å². The molecule has 2 N–H and O–H groups in total. The maximum absolute atomic E-state index is 13.0. The number of aromatic nitrogens is 4. The van der Waals surface area contributed by atoms with Crippen molar-refractivity contribution in [1.82, 2.24) is 18.6 Å². The third kappa shape index (κ3) is 2.74. The molecule has 9 heteroatoms. The zero-order valence-electron chi connectivity index (χ0n) is 15.1. The molecule has 1 fully saturated rings. The van der Waals surface area contributed by atoms with Gasteiger partial charge in [-0.3, -0.25) is 0 Å². The normalized spacial score (nSPS) is 17.8. The lowest BCUT2D eigenvalue weighted by Gasteiger charge is -2.20. The van der Waals surface area contributed by atoms with Crippen LogP contribution in [0.1, 0.15) is 12.0 Å². The summed E-state index contributed by atoms with van der Waals surface area (Å²) in [4.78, 5) is 8.83. The van der Waals surface area contributed by atoms with Crippen LogP contribution in [-0.2, 0) is 15.8 Å². The van der Waals surface area contributed by atoms with Crippen molar-refractivity contribution in [2.45, 2.75) is 18.2 Å². The van der Waals surface area contributed by atoms with E-state index in [9.17, 15) is 8.42 Å². The lowest BCUT2D eigenvalue weighted by molar-refractivity contribution is 0.588. The lowest BCUT2D eigenvalue weighted by atomic mass is 10.2. The van der Waals surface area contributed by atoms with Crippen molar-refractivity contribution in [3.63, 3.8) is 0 Å². The fraction of sp³-hybridized carbons (Fsp3) is 0.263. The Kier molecular flexibility index (Phi) is 3.88. The van der Waals surface area contributed by atoms with Crippen molar-refractivity contribution in [3.8, 4) is 0 Å². The molecular weight excluding hydrogens is 376 g/mol. The van der Waals surface area contributed by atoms with Crippen LogP contribution < -0.4 is 10.7 Å². The highest BCUT2D eigenvalue weighted by Crippen LogP contribution is 2.26. The third-order valence-corrected chi connectivity index (χ3v) is 6.76. The van der Waals surface area contributed by atoms with E-state index in [0.29, 0.717) is 5.65 Å². The zero-order valence-corrected chi connectivity index (χ0v) is 16.0. The average molecular weight is 396 g/mol. The van der Waals surface area contributed by atoms with E-state index in [4.69, 9.17) is 5.73 Å². The fourth-order valence-electron chi connectivity index (χ4n) is 3.81. The molecule has 4 aromatic rings. The number of rotatable bonds is 4. The molecule has 1 aliphatic rings. The average Bonchev–Trinajstić information content (AvgIpc) is 3.38. The Bertz CT molecular complexity index is 1260. The molecule has 1 saturated heterocycles. The molecular formula is C19H20N6O2S. The van der Waals surface area contributed by atoms with Gasteiger partial charge in [0.25, 0.3) is 0 Å². The van der Waals surface area contributed by atoms with Gasteiger partial charge in [0.1, 0.15) is 17.4 Å². The molecule has 1 aromatic carbocycles. The minimum absolute atomic E-state index is 0.0857. The van der Waals surface area contributed by atoms with Crippen molar-refractivity contribution in [2.75, 3.05) is 18.1 Å². The zero-order chi connectivity index (χ0) is 19.3. The summed E-state index contributed by atoms with van der Waals surface area (Å²) >= 11 is 0. The van der Waals surface area contributed by atoms with Gasteiger partial charge < -0.3 is 10.7 Å². The molecule has 0 bridgehead atoms. The van der Waals surface area contributed by atoms with E-state index in [2.05, 4.69) is 15.0 Å². The van der Waals surface area contributed by atoms with Crippen LogP contribution in [0.3, 0.4) is 0 Å². The smallest absolute Gasteiger partial charge is 0.244 e. The van der Waals surface area contributed by atoms with E-state index in [0.717, 1.165) is 41.5 Å². The summed E-state index contributed by atoms with van der Waals surface area (Å²) in [5.74, 6) is -0.0857. The summed E-state index contributed by atoms with van der Waals surface area (Å²) < 4.78 is 29.3. The fourth-order valence-corrected chi connectivity index (χ4v) is 5.21. The maximum Gasteiger partial charge on any atom is 0.244 e. The van der Waals surface area contributed by atoms with Gasteiger partial charge in [0.15, 0.2) is 5.65 Å². The molecule has 0 unspecified atom stereocenters. The predicted octanol–water partition coefficient (Wildman–Crippen LogP) is 1.43. The van der Waals surface area contributed by atoms with E-state index in [-0.39, 0.29) is 11.8 Å². The molecule has 0 spiro atoms. The highest BCUT2D eigenvalue weighted by atomic mass is 32.2. The number of hydrogen-bond donors (Lipinski definition) is 1. The van der Waals surface area contributed by atoms with Crippen molar-refractivity contribution in [3.05, 3.63) is 60.7 Å². The van der Waals surface area contributed by atoms with E-state index >= 15 is 0 Å². The van der Waals surface area contributed by atoms with Gasteiger partial charge >= 0.3 is 0 Å². The Balaban J connectivity index is 1.62. The molecule has 1 aliphatic heterocycles. The first-order valence-electron chi connectivity index (χ1n) is 9.14. The predicted molar refractivity (Wildman–Crippen MR) is 108 cm³/mol. The molecule has 0 amide bonds. The molecule has 0 radical (unpaired) electrons. The standard InChI is InChI=1S/C19H20N6O2S/c20-15-6-8-23(11-15)24-13-22-17-10-21-19-16(18(17)24)7-9-25(19)28(26,27)12-14-4-2-1-3-5-14/h1-5,7,9-10,13,15H,6,8,11-12,20H2/t15-/m1/s1. The maximum atomic E-state index is 13.0. The van der Waals surface area contributed by atoms with Gasteiger partial charge in [-0.05, 0) is 18.1 Å². The summed E-state index contributed by atoms with van der Waals surface area (Å²) in [5, 5.41) is 2.89. The second-order valence-electron chi connectivity index (χ2n) is 7.13. The summed E-state index contributed by atoms with van der Waals surface area (Å²) in [6.07, 6.45) is 5.86. The summed E-state index contributed by atoms with van der Waals surface area (Å²) in [7, 11) is -3.60. The monoisotopic (exact) mass is 396 g/mol. The Labute approximate surface area is 162 Å². The molecule has 0 saturated carbocycles. The first-order chi connectivity index (χ1) is 13.5. The molecule has 1 atom stereocenters. The van der Waals surface area contributed by atoms with Crippen LogP contribution in [0, 0.1) is 0 Å². The van der Waals surface area contributed by atoms with Gasteiger partial charge in [0.2, 0.25) is 10.0 Å². The van der Waals surface area contributed by atoms with Gasteiger partial charge in [0.05, 0.1) is 11.9 Å². The molecule has 8 nitrogen and oxygen atoms in total. The molecule has 144 valence electrons. The number of pyridine rings is 1. The minimum Gasteiger partial charge on any atom is -0.326 e. The van der Waals surface area contributed by atoms with Gasteiger partial charge in [0, 0.05) is 30.7 Å². The lowest BCUT2D eigenvalue weighted by Crippen LogP contribution is -2.34. The quantitative estimate of drug-likeness (QED) is 0.560. The van der Waals surface area contributed by atoms with Crippen LogP contribution in [0.4, 0.5) is 0 Å². The van der Waals surface area contributed by atoms with Crippen LogP contribution in [0.5, 0.6) is 0 Å². The van der Waals surface area contributed by atoms with Crippen LogP contribution in [0.25, 0.3) is 22.1 Å². The van der Waals surface area contributed by atoms with Crippen molar-refractivity contribution >= 4 is 32.1 Å². The van der Waals surface area contributed by atoms with E-state index in [1.807, 2.05) is 22.9 Å². The Morgan fingerprint density at radius 2 is 1.96 bits per heavy atom. The van der Waals surface area contributed by atoms with Crippen molar-refractivity contribution in [2.24, 2.45) is 5.73 Å². The van der Waals surface area contributed by atoms with Crippen LogP contribution >= 0.6 is 0 Å². The number of benzene rings is 1. The number of hydrogen-bond acceptors (Lipinski definition) is 6. The third-order valence-electron chi connectivity index (χ3n) is 5.17. The summed E-state index contributed by atoms with van der Waals surface area (Å²) in [6, 6.07) is 11.1. The first-order valence-corrected chi connectivity index (χ1v) is 10.7. The molecule has 4 heterocycles. The van der Waals surface area contributed by atoms with E-state index in [1.165, 1.54) is 3.97 Å². The number of nitrogens with two attached hydrogens (primary N) is 1. The van der Waals surface area contributed by atoms with Gasteiger partial charge in [-0.1, -0.05) is 30.3 Å². The van der Waals surface area contributed by atoms with Crippen LogP contribution in [0.2, 0.25) is 0 Å².